The normalized spacial score (nSPS) is 10.0. The van der Waals surface area contributed by atoms with Gasteiger partial charge in [-0.25, -0.2) is 9.78 Å². The molecular formula is C15H17N3O3. The minimum absolute atomic E-state index is 0.212. The number of methoxy groups -OCH3 is 2. The molecular weight excluding hydrogens is 270 g/mol. The molecule has 0 fully saturated rings. The standard InChI is InChI=1S/C15H17N3O3/c1-20-11-5-3-10(4-6-11)9-17-14-12(16)7-8-13(18-14)15(19)21-2/h3-8H,9,16H2,1-2H3,(H,17,18). The van der Waals surface area contributed by atoms with Crippen LogP contribution in [0, 0.1) is 0 Å². The molecule has 0 amide bonds. The molecule has 1 heterocycles. The van der Waals surface area contributed by atoms with E-state index in [1.807, 2.05) is 24.3 Å². The maximum absolute atomic E-state index is 11.5. The van der Waals surface area contributed by atoms with Gasteiger partial charge in [0.2, 0.25) is 0 Å². The first kappa shape index (κ1) is 14.6. The van der Waals surface area contributed by atoms with Crippen LogP contribution in [-0.4, -0.2) is 25.2 Å². The molecule has 21 heavy (non-hydrogen) atoms. The fourth-order valence-electron chi connectivity index (χ4n) is 1.76. The summed E-state index contributed by atoms with van der Waals surface area (Å²) in [6.45, 7) is 0.534. The highest BCUT2D eigenvalue weighted by molar-refractivity contribution is 5.88. The van der Waals surface area contributed by atoms with Crippen LogP contribution in [-0.2, 0) is 11.3 Å². The lowest BCUT2D eigenvalue weighted by Gasteiger charge is -2.10. The van der Waals surface area contributed by atoms with Crippen LogP contribution in [0.15, 0.2) is 36.4 Å². The van der Waals surface area contributed by atoms with Crippen molar-refractivity contribution in [1.82, 2.24) is 4.98 Å². The largest absolute Gasteiger partial charge is 0.497 e. The van der Waals surface area contributed by atoms with Crippen molar-refractivity contribution < 1.29 is 14.3 Å². The Morgan fingerprint density at radius 1 is 1.19 bits per heavy atom. The maximum Gasteiger partial charge on any atom is 0.356 e. The summed E-state index contributed by atoms with van der Waals surface area (Å²) in [7, 11) is 2.93. The first-order chi connectivity index (χ1) is 10.1. The molecule has 0 unspecified atom stereocenters. The Morgan fingerprint density at radius 3 is 2.52 bits per heavy atom. The number of carbonyl (C=O) groups excluding carboxylic acids is 1. The van der Waals surface area contributed by atoms with Crippen LogP contribution < -0.4 is 15.8 Å². The second kappa shape index (κ2) is 6.60. The number of nitrogens with zero attached hydrogens (tertiary/aromatic N) is 1. The van der Waals surface area contributed by atoms with Crippen LogP contribution in [0.3, 0.4) is 0 Å². The second-order valence-corrected chi connectivity index (χ2v) is 4.33. The number of rotatable bonds is 5. The highest BCUT2D eigenvalue weighted by Crippen LogP contribution is 2.18. The Labute approximate surface area is 122 Å². The molecule has 1 aromatic heterocycles. The van der Waals surface area contributed by atoms with Gasteiger partial charge >= 0.3 is 5.97 Å². The van der Waals surface area contributed by atoms with Crippen LogP contribution in [0.25, 0.3) is 0 Å². The van der Waals surface area contributed by atoms with E-state index in [0.29, 0.717) is 18.1 Å². The molecule has 0 aliphatic rings. The zero-order valence-corrected chi connectivity index (χ0v) is 11.9. The van der Waals surface area contributed by atoms with Gasteiger partial charge in [0.1, 0.15) is 11.6 Å². The first-order valence-corrected chi connectivity index (χ1v) is 6.35. The molecule has 1 aromatic carbocycles. The summed E-state index contributed by atoms with van der Waals surface area (Å²) in [5, 5.41) is 3.10. The van der Waals surface area contributed by atoms with E-state index in [1.54, 1.807) is 13.2 Å². The van der Waals surface area contributed by atoms with E-state index in [9.17, 15) is 4.79 Å². The van der Waals surface area contributed by atoms with Gasteiger partial charge in [0.15, 0.2) is 5.69 Å². The van der Waals surface area contributed by atoms with Crippen molar-refractivity contribution in [3.8, 4) is 5.75 Å². The summed E-state index contributed by atoms with van der Waals surface area (Å²) in [5.74, 6) is 0.750. The van der Waals surface area contributed by atoms with Gasteiger partial charge in [-0.3, -0.25) is 0 Å². The topological polar surface area (TPSA) is 86.5 Å². The number of nitrogens with one attached hydrogen (secondary N) is 1. The van der Waals surface area contributed by atoms with Crippen molar-refractivity contribution >= 4 is 17.5 Å². The van der Waals surface area contributed by atoms with Gasteiger partial charge in [-0.15, -0.1) is 0 Å². The number of nitrogen functional groups attached to an aromatic ring is 1. The van der Waals surface area contributed by atoms with Crippen molar-refractivity contribution in [3.05, 3.63) is 47.7 Å². The minimum atomic E-state index is -0.498. The fraction of sp³-hybridized carbons (Fsp3) is 0.200. The zero-order valence-electron chi connectivity index (χ0n) is 11.9. The number of nitrogens with two attached hydrogens (primary N) is 1. The highest BCUT2D eigenvalue weighted by Gasteiger charge is 2.10. The van der Waals surface area contributed by atoms with Gasteiger partial charge < -0.3 is 20.5 Å². The molecule has 6 heteroatoms. The fourth-order valence-corrected chi connectivity index (χ4v) is 1.76. The second-order valence-electron chi connectivity index (χ2n) is 4.33. The first-order valence-electron chi connectivity index (χ1n) is 6.35. The quantitative estimate of drug-likeness (QED) is 0.819. The molecule has 0 saturated heterocycles. The predicted octanol–water partition coefficient (Wildman–Crippen LogP) is 2.07. The monoisotopic (exact) mass is 287 g/mol. The van der Waals surface area contributed by atoms with Crippen molar-refractivity contribution in [1.29, 1.82) is 0 Å². The molecule has 2 aromatic rings. The molecule has 0 aliphatic heterocycles. The SMILES string of the molecule is COC(=O)c1ccc(N)c(NCc2ccc(OC)cc2)n1. The lowest BCUT2D eigenvalue weighted by atomic mass is 10.2. The number of esters is 1. The van der Waals surface area contributed by atoms with Crippen LogP contribution in [0.5, 0.6) is 5.75 Å². The summed E-state index contributed by atoms with van der Waals surface area (Å²) in [6.07, 6.45) is 0. The molecule has 0 aliphatic carbocycles. The Kier molecular flexibility index (Phi) is 4.61. The minimum Gasteiger partial charge on any atom is -0.497 e. The number of aromatic nitrogens is 1. The van der Waals surface area contributed by atoms with Gasteiger partial charge in [0.05, 0.1) is 19.9 Å². The van der Waals surface area contributed by atoms with Gasteiger partial charge in [0, 0.05) is 6.54 Å². The molecule has 0 saturated carbocycles. The summed E-state index contributed by atoms with van der Waals surface area (Å²) in [6, 6.07) is 10.8. The highest BCUT2D eigenvalue weighted by atomic mass is 16.5. The van der Waals surface area contributed by atoms with Gasteiger partial charge in [-0.05, 0) is 29.8 Å². The molecule has 0 bridgehead atoms. The average molecular weight is 287 g/mol. The third-order valence-corrected chi connectivity index (χ3v) is 2.94. The Bertz CT molecular complexity index is 627. The van der Waals surface area contributed by atoms with E-state index in [-0.39, 0.29) is 5.69 Å². The summed E-state index contributed by atoms with van der Waals surface area (Å²) >= 11 is 0. The van der Waals surface area contributed by atoms with Crippen molar-refractivity contribution in [2.24, 2.45) is 0 Å². The molecule has 0 atom stereocenters. The number of ether oxygens (including phenoxy) is 2. The Balaban J connectivity index is 2.09. The number of benzene rings is 1. The van der Waals surface area contributed by atoms with Crippen molar-refractivity contribution in [2.75, 3.05) is 25.3 Å². The molecule has 0 radical (unpaired) electrons. The lowest BCUT2D eigenvalue weighted by molar-refractivity contribution is 0.0594. The van der Waals surface area contributed by atoms with E-state index in [1.165, 1.54) is 13.2 Å². The number of carbonyl (C=O) groups is 1. The maximum atomic E-state index is 11.5. The summed E-state index contributed by atoms with van der Waals surface area (Å²) < 4.78 is 9.74. The van der Waals surface area contributed by atoms with Crippen LogP contribution in [0.2, 0.25) is 0 Å². The summed E-state index contributed by atoms with van der Waals surface area (Å²) in [5.41, 5.74) is 7.57. The third-order valence-electron chi connectivity index (χ3n) is 2.94. The van der Waals surface area contributed by atoms with E-state index in [4.69, 9.17) is 10.5 Å². The van der Waals surface area contributed by atoms with Gasteiger partial charge in [0.25, 0.3) is 0 Å². The predicted molar refractivity (Wildman–Crippen MR) is 80.3 cm³/mol. The van der Waals surface area contributed by atoms with Crippen molar-refractivity contribution in [3.63, 3.8) is 0 Å². The smallest absolute Gasteiger partial charge is 0.356 e. The van der Waals surface area contributed by atoms with Gasteiger partial charge in [-0.2, -0.15) is 0 Å². The molecule has 6 nitrogen and oxygen atoms in total. The zero-order chi connectivity index (χ0) is 15.2. The van der Waals surface area contributed by atoms with E-state index in [2.05, 4.69) is 15.0 Å². The number of hydrogen-bond donors (Lipinski definition) is 2. The van der Waals surface area contributed by atoms with E-state index >= 15 is 0 Å². The Morgan fingerprint density at radius 2 is 1.90 bits per heavy atom. The van der Waals surface area contributed by atoms with Crippen LogP contribution in [0.1, 0.15) is 16.1 Å². The Hall–Kier alpha value is -2.76. The average Bonchev–Trinajstić information content (AvgIpc) is 2.53. The third kappa shape index (κ3) is 3.62. The van der Waals surface area contributed by atoms with Crippen molar-refractivity contribution in [2.45, 2.75) is 6.54 Å². The number of anilines is 2. The van der Waals surface area contributed by atoms with Crippen LogP contribution in [0.4, 0.5) is 11.5 Å². The molecule has 3 N–H and O–H groups in total. The number of pyridine rings is 1. The summed E-state index contributed by atoms with van der Waals surface area (Å²) in [4.78, 5) is 15.6. The number of hydrogen-bond acceptors (Lipinski definition) is 6. The molecule has 2 rings (SSSR count). The van der Waals surface area contributed by atoms with Gasteiger partial charge in [-0.1, -0.05) is 12.1 Å². The van der Waals surface area contributed by atoms with E-state index in [0.717, 1.165) is 11.3 Å². The molecule has 0 spiro atoms. The van der Waals surface area contributed by atoms with Crippen LogP contribution >= 0.6 is 0 Å². The lowest BCUT2D eigenvalue weighted by Crippen LogP contribution is -2.10. The van der Waals surface area contributed by atoms with E-state index < -0.39 is 5.97 Å². The molecule has 110 valence electrons.